The Balaban J connectivity index is 4.10. The van der Waals surface area contributed by atoms with Gasteiger partial charge in [0.05, 0.1) is 7.11 Å². The average molecular weight is 146 g/mol. The number of hydrogen-bond donors (Lipinski definition) is 2. The first-order valence-electron chi connectivity index (χ1n) is 2.87. The molecule has 5 nitrogen and oxygen atoms in total. The van der Waals surface area contributed by atoms with Crippen LogP contribution in [-0.2, 0) is 4.84 Å². The topological polar surface area (TPSA) is 62.9 Å². The predicted octanol–water partition coefficient (Wildman–Crippen LogP) is -0.683. The van der Waals surface area contributed by atoms with Gasteiger partial charge in [-0.3, -0.25) is 15.9 Å². The van der Waals surface area contributed by atoms with Crippen LogP contribution in [0.3, 0.4) is 0 Å². The van der Waals surface area contributed by atoms with Gasteiger partial charge in [-0.25, -0.2) is 0 Å². The molecule has 0 heterocycles. The zero-order chi connectivity index (χ0) is 8.20. The Bertz CT molecular complexity index is 114. The van der Waals surface area contributed by atoms with Gasteiger partial charge in [0.1, 0.15) is 0 Å². The minimum atomic E-state index is -0.809. The lowest BCUT2D eigenvalue weighted by Crippen LogP contribution is -2.59. The quantitative estimate of drug-likeness (QED) is 0.313. The van der Waals surface area contributed by atoms with Crippen LogP contribution in [0.4, 0.5) is 0 Å². The van der Waals surface area contributed by atoms with Gasteiger partial charge in [-0.05, 0) is 14.0 Å². The Labute approximate surface area is 60.8 Å². The maximum absolute atomic E-state index is 5.64. The smallest absolute Gasteiger partial charge is 0.183 e. The first-order valence-corrected chi connectivity index (χ1v) is 2.87. The van der Waals surface area contributed by atoms with Crippen molar-refractivity contribution in [1.29, 1.82) is 0 Å². The predicted molar refractivity (Wildman–Crippen MR) is 40.0 cm³/mol. The summed E-state index contributed by atoms with van der Waals surface area (Å²) in [5.41, 5.74) is 5.64. The van der Waals surface area contributed by atoms with Crippen molar-refractivity contribution in [3.63, 3.8) is 0 Å². The first kappa shape index (κ1) is 9.35. The molecule has 1 unspecified atom stereocenters. The lowest BCUT2D eigenvalue weighted by molar-refractivity contribution is -0.204. The van der Waals surface area contributed by atoms with Crippen molar-refractivity contribution in [3.8, 4) is 0 Å². The third kappa shape index (κ3) is 1.94. The summed E-state index contributed by atoms with van der Waals surface area (Å²) in [7, 11) is 3.17. The minimum Gasteiger partial charge on any atom is -0.293 e. The lowest BCUT2D eigenvalue weighted by Gasteiger charge is -2.32. The molecule has 0 fully saturated rings. The molecular weight excluding hydrogens is 132 g/mol. The maximum Gasteiger partial charge on any atom is 0.183 e. The largest absolute Gasteiger partial charge is 0.293 e. The van der Waals surface area contributed by atoms with Crippen LogP contribution in [0.25, 0.3) is 0 Å². The fourth-order valence-electron chi connectivity index (χ4n) is 0.490. The van der Waals surface area contributed by atoms with E-state index in [0.29, 0.717) is 0 Å². The molecule has 3 N–H and O–H groups in total. The van der Waals surface area contributed by atoms with E-state index < -0.39 is 5.79 Å². The zero-order valence-corrected chi connectivity index (χ0v) is 6.59. The molecule has 0 aromatic heterocycles. The molecule has 0 spiro atoms. The normalized spacial score (nSPS) is 16.0. The maximum atomic E-state index is 5.64. The van der Waals surface area contributed by atoms with Crippen molar-refractivity contribution in [1.82, 2.24) is 10.5 Å². The van der Waals surface area contributed by atoms with Gasteiger partial charge in [0.15, 0.2) is 5.79 Å². The number of nitrogens with one attached hydrogen (secondary N) is 1. The summed E-state index contributed by atoms with van der Waals surface area (Å²) in [6.45, 7) is 4.99. The van der Waals surface area contributed by atoms with E-state index in [1.54, 1.807) is 14.0 Å². The molecule has 0 aromatic rings. The molecule has 1 atom stereocenters. The summed E-state index contributed by atoms with van der Waals surface area (Å²) in [5, 5.41) is 7.48. The fraction of sp³-hybridized carbons (Fsp3) is 0.800. The van der Waals surface area contributed by atoms with Gasteiger partial charge in [-0.2, -0.15) is 5.10 Å². The molecule has 0 rings (SSSR count). The summed E-state index contributed by atoms with van der Waals surface area (Å²) in [6.07, 6.45) is 0. The number of rotatable bonds is 4. The molecule has 0 bridgehead atoms. The molecule has 0 radical (unpaired) electrons. The van der Waals surface area contributed by atoms with Crippen molar-refractivity contribution in [3.05, 3.63) is 0 Å². The summed E-state index contributed by atoms with van der Waals surface area (Å²) >= 11 is 0. The molecule has 0 aliphatic rings. The summed E-state index contributed by atoms with van der Waals surface area (Å²) in [6, 6.07) is 0. The Morgan fingerprint density at radius 2 is 2.30 bits per heavy atom. The van der Waals surface area contributed by atoms with Gasteiger partial charge >= 0.3 is 0 Å². The minimum absolute atomic E-state index is 0.809. The Morgan fingerprint density at radius 3 is 2.40 bits per heavy atom. The van der Waals surface area contributed by atoms with Gasteiger partial charge in [0, 0.05) is 6.72 Å². The van der Waals surface area contributed by atoms with Crippen LogP contribution < -0.4 is 11.1 Å². The van der Waals surface area contributed by atoms with Crippen LogP contribution in [0.2, 0.25) is 0 Å². The number of hydroxylamine groups is 1. The first-order chi connectivity index (χ1) is 4.58. The summed E-state index contributed by atoms with van der Waals surface area (Å²) < 4.78 is 0. The molecule has 0 amide bonds. The van der Waals surface area contributed by atoms with Crippen molar-refractivity contribution >= 4 is 6.72 Å². The van der Waals surface area contributed by atoms with E-state index in [9.17, 15) is 0 Å². The molecule has 0 aromatic carbocycles. The van der Waals surface area contributed by atoms with E-state index in [1.165, 1.54) is 12.3 Å². The number of nitrogens with zero attached hydrogens (tertiary/aromatic N) is 2. The highest BCUT2D eigenvalue weighted by Gasteiger charge is 2.23. The number of nitrogens with two attached hydrogens (primary N) is 1. The van der Waals surface area contributed by atoms with Gasteiger partial charge in [0.25, 0.3) is 0 Å². The molecule has 60 valence electrons. The molecule has 0 saturated heterocycles. The van der Waals surface area contributed by atoms with Crippen LogP contribution >= 0.6 is 0 Å². The molecule has 0 aliphatic carbocycles. The molecule has 5 heteroatoms. The third-order valence-corrected chi connectivity index (χ3v) is 1.20. The summed E-state index contributed by atoms with van der Waals surface area (Å²) in [4.78, 5) is 4.77. The van der Waals surface area contributed by atoms with E-state index >= 15 is 0 Å². The third-order valence-electron chi connectivity index (χ3n) is 1.20. The Kier molecular flexibility index (Phi) is 3.27. The van der Waals surface area contributed by atoms with Crippen LogP contribution in [-0.4, -0.2) is 31.8 Å². The molecule has 0 aliphatic heterocycles. The summed E-state index contributed by atoms with van der Waals surface area (Å²) in [5.74, 6) is -0.809. The van der Waals surface area contributed by atoms with E-state index in [0.717, 1.165) is 0 Å². The van der Waals surface area contributed by atoms with Gasteiger partial charge in [0.2, 0.25) is 0 Å². The van der Waals surface area contributed by atoms with E-state index in [4.69, 9.17) is 10.6 Å². The van der Waals surface area contributed by atoms with Crippen molar-refractivity contribution < 1.29 is 4.84 Å². The SMILES string of the molecule is C=NN(OC)C(C)(N)NC. The van der Waals surface area contributed by atoms with Crippen LogP contribution in [0.1, 0.15) is 6.92 Å². The second-order valence-electron chi connectivity index (χ2n) is 1.99. The van der Waals surface area contributed by atoms with Crippen molar-refractivity contribution in [2.24, 2.45) is 10.8 Å². The van der Waals surface area contributed by atoms with Crippen molar-refractivity contribution in [2.75, 3.05) is 14.2 Å². The fourth-order valence-corrected chi connectivity index (χ4v) is 0.490. The van der Waals surface area contributed by atoms with E-state index in [2.05, 4.69) is 17.1 Å². The molecular formula is C5H14N4O. The van der Waals surface area contributed by atoms with Gasteiger partial charge in [-0.1, -0.05) is 0 Å². The molecule has 10 heavy (non-hydrogen) atoms. The second-order valence-corrected chi connectivity index (χ2v) is 1.99. The standard InChI is InChI=1S/C5H14N4O/c1-5(6,7-2)9(8-3)10-4/h7H,3,6H2,1-2,4H3. The van der Waals surface area contributed by atoms with Crippen molar-refractivity contribution in [2.45, 2.75) is 12.7 Å². The Morgan fingerprint density at radius 1 is 1.80 bits per heavy atom. The highest BCUT2D eigenvalue weighted by atomic mass is 16.7. The highest BCUT2D eigenvalue weighted by molar-refractivity contribution is 5.22. The number of hydrogen-bond acceptors (Lipinski definition) is 5. The number of hydrazone groups is 1. The monoisotopic (exact) mass is 146 g/mol. The molecule has 0 saturated carbocycles. The second kappa shape index (κ2) is 3.50. The van der Waals surface area contributed by atoms with Gasteiger partial charge < -0.3 is 0 Å². The van der Waals surface area contributed by atoms with Crippen LogP contribution in [0.15, 0.2) is 5.10 Å². The van der Waals surface area contributed by atoms with E-state index in [-0.39, 0.29) is 0 Å². The van der Waals surface area contributed by atoms with Gasteiger partial charge in [-0.15, -0.1) is 5.17 Å². The zero-order valence-electron chi connectivity index (χ0n) is 6.59. The highest BCUT2D eigenvalue weighted by Crippen LogP contribution is 2.02. The lowest BCUT2D eigenvalue weighted by atomic mass is 10.4. The van der Waals surface area contributed by atoms with Crippen LogP contribution in [0, 0.1) is 0 Å². The van der Waals surface area contributed by atoms with Crippen LogP contribution in [0.5, 0.6) is 0 Å². The Hall–Kier alpha value is -0.650. The average Bonchev–Trinajstić information content (AvgIpc) is 1.90. The van der Waals surface area contributed by atoms with E-state index in [1.807, 2.05) is 0 Å².